The maximum atomic E-state index is 12.5. The van der Waals surface area contributed by atoms with Crippen molar-refractivity contribution >= 4 is 11.9 Å². The van der Waals surface area contributed by atoms with Crippen LogP contribution in [0.5, 0.6) is 5.75 Å². The highest BCUT2D eigenvalue weighted by molar-refractivity contribution is 5.95. The fourth-order valence-corrected chi connectivity index (χ4v) is 2.80. The lowest BCUT2D eigenvalue weighted by Gasteiger charge is -2.16. The first kappa shape index (κ1) is 20.1. The summed E-state index contributed by atoms with van der Waals surface area (Å²) in [7, 11) is 1.30. The molecule has 0 aliphatic carbocycles. The maximum Gasteiger partial charge on any atom is 0.328 e. The van der Waals surface area contributed by atoms with Crippen LogP contribution in [0.25, 0.3) is 0 Å². The van der Waals surface area contributed by atoms with E-state index >= 15 is 0 Å². The highest BCUT2D eigenvalue weighted by Gasteiger charge is 2.23. The number of imidazole rings is 1. The number of carbonyl (C=O) groups excluding carboxylic acids is 2. The lowest BCUT2D eigenvalue weighted by Crippen LogP contribution is -2.43. The predicted molar refractivity (Wildman–Crippen MR) is 108 cm³/mol. The molecule has 29 heavy (non-hydrogen) atoms. The molecule has 7 nitrogen and oxygen atoms in total. The summed E-state index contributed by atoms with van der Waals surface area (Å²) >= 11 is 0. The molecule has 0 unspecified atom stereocenters. The minimum Gasteiger partial charge on any atom is -0.492 e. The van der Waals surface area contributed by atoms with Crippen LogP contribution in [0.4, 0.5) is 0 Å². The Balaban J connectivity index is 1.56. The highest BCUT2D eigenvalue weighted by Crippen LogP contribution is 2.09. The smallest absolute Gasteiger partial charge is 0.328 e. The van der Waals surface area contributed by atoms with Gasteiger partial charge in [-0.3, -0.25) is 4.79 Å². The summed E-state index contributed by atoms with van der Waals surface area (Å²) in [4.78, 5) is 28.8. The molecule has 1 aromatic heterocycles. The van der Waals surface area contributed by atoms with Gasteiger partial charge in [-0.25, -0.2) is 9.78 Å². The van der Waals surface area contributed by atoms with Crippen LogP contribution >= 0.6 is 0 Å². The van der Waals surface area contributed by atoms with E-state index in [2.05, 4.69) is 10.3 Å². The van der Waals surface area contributed by atoms with E-state index in [4.69, 9.17) is 9.47 Å². The van der Waals surface area contributed by atoms with Gasteiger partial charge in [0.1, 0.15) is 24.1 Å². The second kappa shape index (κ2) is 10.1. The summed E-state index contributed by atoms with van der Waals surface area (Å²) in [6, 6.07) is 18.1. The third kappa shape index (κ3) is 5.93. The van der Waals surface area contributed by atoms with Gasteiger partial charge < -0.3 is 19.4 Å². The number of ether oxygens (including phenoxy) is 2. The fraction of sp³-hybridized carbons (Fsp3) is 0.227. The quantitative estimate of drug-likeness (QED) is 0.565. The molecule has 3 aromatic rings. The molecule has 150 valence electrons. The Morgan fingerprint density at radius 2 is 1.76 bits per heavy atom. The van der Waals surface area contributed by atoms with E-state index in [0.29, 0.717) is 19.6 Å². The first-order valence-electron chi connectivity index (χ1n) is 9.28. The molecule has 1 atom stereocenters. The number of benzene rings is 2. The van der Waals surface area contributed by atoms with Gasteiger partial charge >= 0.3 is 5.97 Å². The fourth-order valence-electron chi connectivity index (χ4n) is 2.80. The molecular formula is C22H23N3O4. The van der Waals surface area contributed by atoms with Crippen LogP contribution < -0.4 is 10.1 Å². The van der Waals surface area contributed by atoms with E-state index in [-0.39, 0.29) is 5.69 Å². The van der Waals surface area contributed by atoms with Gasteiger partial charge in [0, 0.05) is 12.6 Å². The van der Waals surface area contributed by atoms with Crippen molar-refractivity contribution < 1.29 is 19.1 Å². The van der Waals surface area contributed by atoms with Crippen LogP contribution in [0.2, 0.25) is 0 Å². The summed E-state index contributed by atoms with van der Waals surface area (Å²) in [5.74, 6) is -0.149. The Morgan fingerprint density at radius 3 is 2.45 bits per heavy atom. The number of hydrogen-bond donors (Lipinski definition) is 1. The number of methoxy groups -OCH3 is 1. The lowest BCUT2D eigenvalue weighted by molar-refractivity contribution is -0.142. The van der Waals surface area contributed by atoms with Gasteiger partial charge in [0.2, 0.25) is 0 Å². The first-order chi connectivity index (χ1) is 14.2. The van der Waals surface area contributed by atoms with Crippen LogP contribution in [-0.2, 0) is 22.5 Å². The van der Waals surface area contributed by atoms with Crippen LogP contribution in [-0.4, -0.2) is 41.2 Å². The van der Waals surface area contributed by atoms with Crippen LogP contribution in [0.15, 0.2) is 73.2 Å². The summed E-state index contributed by atoms with van der Waals surface area (Å²) in [5.41, 5.74) is 1.15. The minimum absolute atomic E-state index is 0.228. The van der Waals surface area contributed by atoms with Crippen LogP contribution in [0.3, 0.4) is 0 Å². The van der Waals surface area contributed by atoms with Crippen molar-refractivity contribution in [1.82, 2.24) is 14.9 Å². The van der Waals surface area contributed by atoms with Crippen molar-refractivity contribution in [2.75, 3.05) is 13.7 Å². The SMILES string of the molecule is COC(=O)[C@H](Cc1ccccc1)NC(=O)c1cn(CCOc2ccccc2)cn1. The molecule has 0 spiro atoms. The number of amides is 1. The van der Waals surface area contributed by atoms with E-state index in [0.717, 1.165) is 11.3 Å². The monoisotopic (exact) mass is 393 g/mol. The van der Waals surface area contributed by atoms with Crippen LogP contribution in [0.1, 0.15) is 16.1 Å². The van der Waals surface area contributed by atoms with E-state index in [9.17, 15) is 9.59 Å². The third-order valence-corrected chi connectivity index (χ3v) is 4.30. The zero-order chi connectivity index (χ0) is 20.5. The molecule has 0 aliphatic rings. The Kier molecular flexibility index (Phi) is 7.00. The molecule has 7 heteroatoms. The second-order valence-electron chi connectivity index (χ2n) is 6.40. The Morgan fingerprint density at radius 1 is 1.07 bits per heavy atom. The zero-order valence-corrected chi connectivity index (χ0v) is 16.2. The molecule has 0 saturated heterocycles. The second-order valence-corrected chi connectivity index (χ2v) is 6.40. The Hall–Kier alpha value is -3.61. The molecule has 0 fully saturated rings. The standard InChI is InChI=1S/C22H23N3O4/c1-28-22(27)19(14-17-8-4-2-5-9-17)24-21(26)20-15-25(16-23-20)12-13-29-18-10-6-3-7-11-18/h2-11,15-16,19H,12-14H2,1H3,(H,24,26)/t19-/m0/s1. The number of carbonyl (C=O) groups is 2. The largest absolute Gasteiger partial charge is 0.492 e. The summed E-state index contributed by atoms with van der Waals surface area (Å²) in [6.45, 7) is 0.986. The van der Waals surface area contributed by atoms with Gasteiger partial charge in [-0.2, -0.15) is 0 Å². The molecule has 0 radical (unpaired) electrons. The van der Waals surface area contributed by atoms with E-state index < -0.39 is 17.9 Å². The average molecular weight is 393 g/mol. The van der Waals surface area contributed by atoms with Gasteiger partial charge in [0.05, 0.1) is 20.0 Å². The number of para-hydroxylation sites is 1. The average Bonchev–Trinajstić information content (AvgIpc) is 3.23. The van der Waals surface area contributed by atoms with Crippen LogP contribution in [0, 0.1) is 0 Å². The number of hydrogen-bond acceptors (Lipinski definition) is 5. The van der Waals surface area contributed by atoms with E-state index in [1.165, 1.54) is 7.11 Å². The third-order valence-electron chi connectivity index (χ3n) is 4.30. The van der Waals surface area contributed by atoms with Crippen molar-refractivity contribution in [3.8, 4) is 5.75 Å². The van der Waals surface area contributed by atoms with Gasteiger partial charge in [-0.15, -0.1) is 0 Å². The lowest BCUT2D eigenvalue weighted by atomic mass is 10.1. The predicted octanol–water partition coefficient (Wildman–Crippen LogP) is 2.48. The first-order valence-corrected chi connectivity index (χ1v) is 9.28. The molecule has 2 aromatic carbocycles. The molecular weight excluding hydrogens is 370 g/mol. The highest BCUT2D eigenvalue weighted by atomic mass is 16.5. The summed E-state index contributed by atoms with van der Waals surface area (Å²) in [6.07, 6.45) is 3.53. The van der Waals surface area contributed by atoms with Crippen molar-refractivity contribution in [1.29, 1.82) is 0 Å². The molecule has 3 rings (SSSR count). The van der Waals surface area contributed by atoms with Gasteiger partial charge in [-0.1, -0.05) is 48.5 Å². The van der Waals surface area contributed by atoms with Crippen molar-refractivity contribution in [2.45, 2.75) is 19.0 Å². The number of nitrogens with zero attached hydrogens (tertiary/aromatic N) is 2. The Labute approximate surface area is 169 Å². The zero-order valence-electron chi connectivity index (χ0n) is 16.2. The Bertz CT molecular complexity index is 926. The normalized spacial score (nSPS) is 11.5. The number of esters is 1. The summed E-state index contributed by atoms with van der Waals surface area (Å²) < 4.78 is 12.2. The van der Waals surface area contributed by atoms with Gasteiger partial charge in [0.25, 0.3) is 5.91 Å². The van der Waals surface area contributed by atoms with Crippen molar-refractivity contribution in [3.63, 3.8) is 0 Å². The number of rotatable bonds is 9. The topological polar surface area (TPSA) is 82.5 Å². The molecule has 1 heterocycles. The molecule has 0 saturated carbocycles. The van der Waals surface area contributed by atoms with Crippen molar-refractivity contribution in [3.05, 3.63) is 84.4 Å². The van der Waals surface area contributed by atoms with E-state index in [1.807, 2.05) is 60.7 Å². The van der Waals surface area contributed by atoms with Gasteiger partial charge in [0.15, 0.2) is 0 Å². The minimum atomic E-state index is -0.790. The molecule has 1 amide bonds. The molecule has 1 N–H and O–H groups in total. The van der Waals surface area contributed by atoms with Gasteiger partial charge in [-0.05, 0) is 17.7 Å². The molecule has 0 aliphatic heterocycles. The molecule has 0 bridgehead atoms. The number of nitrogens with one attached hydrogen (secondary N) is 1. The maximum absolute atomic E-state index is 12.5. The summed E-state index contributed by atoms with van der Waals surface area (Å²) in [5, 5.41) is 2.71. The van der Waals surface area contributed by atoms with E-state index in [1.54, 1.807) is 17.1 Å². The number of aromatic nitrogens is 2. The van der Waals surface area contributed by atoms with Crippen molar-refractivity contribution in [2.24, 2.45) is 0 Å².